The number of hydrogen-bond donors (Lipinski definition) is 2. The van der Waals surface area contributed by atoms with Gasteiger partial charge in [-0.2, -0.15) is 13.4 Å². The summed E-state index contributed by atoms with van der Waals surface area (Å²) in [4.78, 5) is 38.9. The Hall–Kier alpha value is -5.00. The minimum absolute atomic E-state index is 0.0102. The second-order valence-electron chi connectivity index (χ2n) is 11.2. The molecule has 0 saturated carbocycles. The predicted octanol–water partition coefficient (Wildman–Crippen LogP) is 2.07. The number of nitrogens with one attached hydrogen (secondary N) is 2. The third-order valence-electron chi connectivity index (χ3n) is 7.77. The Balaban J connectivity index is 1.16. The second kappa shape index (κ2) is 12.7. The van der Waals surface area contributed by atoms with Crippen molar-refractivity contribution in [3.8, 4) is 11.4 Å². The highest BCUT2D eigenvalue weighted by molar-refractivity contribution is 7.90. The number of carbonyl (C=O) groups excluding carboxylic acids is 1. The third kappa shape index (κ3) is 6.91. The molecule has 0 atom stereocenters. The van der Waals surface area contributed by atoms with E-state index < -0.39 is 31.5 Å². The average molecular weight is 678 g/mol. The van der Waals surface area contributed by atoms with Gasteiger partial charge in [0.2, 0.25) is 21.9 Å². The van der Waals surface area contributed by atoms with Gasteiger partial charge in [-0.15, -0.1) is 9.19 Å². The highest BCUT2D eigenvalue weighted by Crippen LogP contribution is 2.23. The van der Waals surface area contributed by atoms with E-state index in [1.807, 2.05) is 6.07 Å². The van der Waals surface area contributed by atoms with Gasteiger partial charge in [-0.1, -0.05) is 30.3 Å². The van der Waals surface area contributed by atoms with E-state index in [0.717, 1.165) is 10.4 Å². The molecule has 2 N–H and O–H groups in total. The number of nitrogens with zero attached hydrogens (tertiary/aromatic N) is 7. The average Bonchev–Trinajstić information content (AvgIpc) is 3.54. The molecular formula is C30H31N9O6S2. The summed E-state index contributed by atoms with van der Waals surface area (Å²) in [6, 6.07) is 16.2. The fraction of sp³-hybridized carbons (Fsp3) is 0.267. The van der Waals surface area contributed by atoms with Crippen molar-refractivity contribution >= 4 is 48.6 Å². The van der Waals surface area contributed by atoms with Crippen LogP contribution in [0.1, 0.15) is 18.4 Å². The molecule has 1 aliphatic heterocycles. The summed E-state index contributed by atoms with van der Waals surface area (Å²) < 4.78 is 53.8. The van der Waals surface area contributed by atoms with Crippen LogP contribution in [0.15, 0.2) is 82.9 Å². The number of fused-ring (bicyclic) bond motifs is 1. The van der Waals surface area contributed by atoms with Crippen molar-refractivity contribution in [1.29, 1.82) is 0 Å². The van der Waals surface area contributed by atoms with Crippen LogP contribution in [-0.2, 0) is 31.4 Å². The molecule has 1 amide bonds. The Morgan fingerprint density at radius 3 is 2.43 bits per heavy atom. The summed E-state index contributed by atoms with van der Waals surface area (Å²) >= 11 is 0. The quantitative estimate of drug-likeness (QED) is 0.232. The number of anilines is 2. The van der Waals surface area contributed by atoms with E-state index in [2.05, 4.69) is 30.7 Å². The minimum Gasteiger partial charge on any atom is -0.351 e. The maximum Gasteiger partial charge on any atom is 0.284 e. The lowest BCUT2D eigenvalue weighted by atomic mass is 10.1. The summed E-state index contributed by atoms with van der Waals surface area (Å²) in [6.45, 7) is 1.98. The predicted molar refractivity (Wildman–Crippen MR) is 175 cm³/mol. The SMILES string of the molecule is Cc1cc(NC(=O)Cn2c(=O)ccc3cnc(NC4CCN(S(C)(=O)=O)CC4)nc32)ccc1S(=O)(=O)n1cnc(-c2ccccc2)n1. The molecule has 0 unspecified atom stereocenters. The van der Waals surface area contributed by atoms with E-state index >= 15 is 0 Å². The zero-order chi connectivity index (χ0) is 33.3. The Bertz CT molecular complexity index is 2250. The molecule has 6 rings (SSSR count). The molecule has 17 heteroatoms. The Morgan fingerprint density at radius 2 is 1.72 bits per heavy atom. The van der Waals surface area contributed by atoms with E-state index in [-0.39, 0.29) is 34.9 Å². The number of aryl methyl sites for hydroxylation is 1. The molecule has 3 aromatic heterocycles. The lowest BCUT2D eigenvalue weighted by Gasteiger charge is -2.30. The molecule has 0 aliphatic carbocycles. The number of carbonyl (C=O) groups is 1. The van der Waals surface area contributed by atoms with Crippen LogP contribution in [0.4, 0.5) is 11.6 Å². The third-order valence-corrected chi connectivity index (χ3v) is 10.8. The highest BCUT2D eigenvalue weighted by atomic mass is 32.2. The van der Waals surface area contributed by atoms with Gasteiger partial charge in [0.25, 0.3) is 15.6 Å². The molecule has 1 fully saturated rings. The Kier molecular flexibility index (Phi) is 8.61. The first kappa shape index (κ1) is 32.0. The molecule has 0 spiro atoms. The van der Waals surface area contributed by atoms with E-state index in [4.69, 9.17) is 0 Å². The van der Waals surface area contributed by atoms with Gasteiger partial charge in [-0.3, -0.25) is 14.2 Å². The van der Waals surface area contributed by atoms with E-state index in [0.29, 0.717) is 48.1 Å². The molecule has 2 aromatic carbocycles. The fourth-order valence-corrected chi connectivity index (χ4v) is 7.49. The van der Waals surface area contributed by atoms with Crippen LogP contribution in [0, 0.1) is 6.92 Å². The van der Waals surface area contributed by atoms with Crippen LogP contribution >= 0.6 is 0 Å². The largest absolute Gasteiger partial charge is 0.351 e. The number of rotatable bonds is 9. The molecule has 244 valence electrons. The number of amides is 1. The van der Waals surface area contributed by atoms with Crippen LogP contribution in [0.25, 0.3) is 22.4 Å². The van der Waals surface area contributed by atoms with Gasteiger partial charge < -0.3 is 10.6 Å². The van der Waals surface area contributed by atoms with Crippen molar-refractivity contribution < 1.29 is 21.6 Å². The molecule has 47 heavy (non-hydrogen) atoms. The van der Waals surface area contributed by atoms with Gasteiger partial charge in [0.15, 0.2) is 5.82 Å². The van der Waals surface area contributed by atoms with Crippen molar-refractivity contribution in [3.63, 3.8) is 0 Å². The monoisotopic (exact) mass is 677 g/mol. The first-order chi connectivity index (χ1) is 22.4. The number of sulfonamides is 1. The standard InChI is InChI=1S/C30H31N9O6S2/c1-20-16-24(9-10-25(20)47(44,45)39-19-32-28(36-39)21-6-4-3-5-7-21)33-26(40)18-38-27(41)11-8-22-17-31-30(35-29(22)38)34-23-12-14-37(15-13-23)46(2,42)43/h3-11,16-17,19,23H,12-15,18H2,1-2H3,(H,33,40)(H,31,34,35). The van der Waals surface area contributed by atoms with Crippen LogP contribution in [0.2, 0.25) is 0 Å². The van der Waals surface area contributed by atoms with Crippen LogP contribution < -0.4 is 16.2 Å². The summed E-state index contributed by atoms with van der Waals surface area (Å²) in [5, 5.41) is 10.6. The van der Waals surface area contributed by atoms with Gasteiger partial charge in [0.1, 0.15) is 18.5 Å². The number of pyridine rings is 1. The number of benzene rings is 2. The molecule has 1 aliphatic rings. The number of hydrogen-bond acceptors (Lipinski definition) is 11. The van der Waals surface area contributed by atoms with Crippen molar-refractivity contribution in [2.24, 2.45) is 0 Å². The molecular weight excluding hydrogens is 647 g/mol. The maximum absolute atomic E-state index is 13.3. The summed E-state index contributed by atoms with van der Waals surface area (Å²) in [5.74, 6) is -0.00657. The van der Waals surface area contributed by atoms with Gasteiger partial charge in [0, 0.05) is 48.0 Å². The molecule has 15 nitrogen and oxygen atoms in total. The fourth-order valence-electron chi connectivity index (χ4n) is 5.35. The van der Waals surface area contributed by atoms with Crippen molar-refractivity contribution in [2.45, 2.75) is 37.2 Å². The van der Waals surface area contributed by atoms with Crippen LogP contribution in [0.5, 0.6) is 0 Å². The van der Waals surface area contributed by atoms with Crippen molar-refractivity contribution in [3.05, 3.63) is 89.1 Å². The van der Waals surface area contributed by atoms with Crippen molar-refractivity contribution in [1.82, 2.24) is 33.0 Å². The molecule has 4 heterocycles. The molecule has 0 bridgehead atoms. The van der Waals surface area contributed by atoms with Crippen molar-refractivity contribution in [2.75, 3.05) is 30.0 Å². The van der Waals surface area contributed by atoms with Crippen LogP contribution in [-0.4, -0.2) is 81.1 Å². The number of aromatic nitrogens is 6. The topological polar surface area (TPSA) is 191 Å². The molecule has 1 saturated heterocycles. The highest BCUT2D eigenvalue weighted by Gasteiger charge is 2.26. The number of piperidine rings is 1. The minimum atomic E-state index is -4.07. The summed E-state index contributed by atoms with van der Waals surface area (Å²) in [5.41, 5.74) is 1.18. The van der Waals surface area contributed by atoms with E-state index in [9.17, 15) is 26.4 Å². The van der Waals surface area contributed by atoms with Gasteiger partial charge in [-0.05, 0) is 49.6 Å². The van der Waals surface area contributed by atoms with Gasteiger partial charge in [-0.25, -0.2) is 22.7 Å². The summed E-state index contributed by atoms with van der Waals surface area (Å²) in [6.07, 6.45) is 4.99. The first-order valence-electron chi connectivity index (χ1n) is 14.6. The zero-order valence-corrected chi connectivity index (χ0v) is 27.1. The van der Waals surface area contributed by atoms with Gasteiger partial charge >= 0.3 is 0 Å². The lowest BCUT2D eigenvalue weighted by Crippen LogP contribution is -2.42. The normalized spacial score (nSPS) is 14.7. The Morgan fingerprint density at radius 1 is 0.979 bits per heavy atom. The lowest BCUT2D eigenvalue weighted by molar-refractivity contribution is -0.116. The van der Waals surface area contributed by atoms with E-state index in [1.54, 1.807) is 43.5 Å². The molecule has 0 radical (unpaired) electrons. The zero-order valence-electron chi connectivity index (χ0n) is 25.4. The van der Waals surface area contributed by atoms with Gasteiger partial charge in [0.05, 0.1) is 11.2 Å². The molecule has 5 aromatic rings. The van der Waals surface area contributed by atoms with Crippen LogP contribution in [0.3, 0.4) is 0 Å². The van der Waals surface area contributed by atoms with E-state index in [1.165, 1.54) is 39.4 Å². The second-order valence-corrected chi connectivity index (χ2v) is 14.9. The Labute approximate surface area is 270 Å². The maximum atomic E-state index is 13.3. The first-order valence-corrected chi connectivity index (χ1v) is 17.9. The summed E-state index contributed by atoms with van der Waals surface area (Å²) in [7, 11) is -7.33. The smallest absolute Gasteiger partial charge is 0.284 e.